The van der Waals surface area contributed by atoms with Gasteiger partial charge in [-0.25, -0.2) is 4.98 Å². The van der Waals surface area contributed by atoms with Crippen LogP contribution in [0.3, 0.4) is 0 Å². The Hall–Kier alpha value is -0.0900. The molecular formula is C11H16BrNOS. The van der Waals surface area contributed by atoms with Gasteiger partial charge < -0.3 is 4.74 Å². The van der Waals surface area contributed by atoms with Crippen molar-refractivity contribution in [2.75, 3.05) is 7.11 Å². The Morgan fingerprint density at radius 3 is 3.00 bits per heavy atom. The molecule has 2 nitrogen and oxygen atoms in total. The predicted molar refractivity (Wildman–Crippen MR) is 67.1 cm³/mol. The lowest BCUT2D eigenvalue weighted by molar-refractivity contribution is 0.344. The molecule has 1 aliphatic rings. The first-order valence-corrected chi connectivity index (χ1v) is 7.07. The third-order valence-corrected chi connectivity index (χ3v) is 5.10. The van der Waals surface area contributed by atoms with Crippen LogP contribution < -0.4 is 4.74 Å². The Bertz CT molecular complexity index is 328. The highest BCUT2D eigenvalue weighted by Gasteiger charge is 2.29. The van der Waals surface area contributed by atoms with Crippen LogP contribution in [-0.2, 0) is 0 Å². The van der Waals surface area contributed by atoms with Crippen LogP contribution >= 0.6 is 27.3 Å². The second-order valence-corrected chi connectivity index (χ2v) is 6.55. The monoisotopic (exact) mass is 289 g/mol. The number of ether oxygens (including phenoxy) is 1. The van der Waals surface area contributed by atoms with Gasteiger partial charge in [0.25, 0.3) is 5.19 Å². The van der Waals surface area contributed by atoms with Gasteiger partial charge in [0, 0.05) is 15.9 Å². The number of methoxy groups -OCH3 is 1. The minimum absolute atomic E-state index is 0.657. The van der Waals surface area contributed by atoms with E-state index in [4.69, 9.17) is 4.74 Å². The Kier molecular flexibility index (Phi) is 3.67. The number of hydrogen-bond acceptors (Lipinski definition) is 3. The fourth-order valence-corrected chi connectivity index (χ4v) is 3.85. The van der Waals surface area contributed by atoms with Crippen molar-refractivity contribution >= 4 is 27.3 Å². The van der Waals surface area contributed by atoms with E-state index in [-0.39, 0.29) is 0 Å². The van der Waals surface area contributed by atoms with E-state index in [0.717, 1.165) is 11.1 Å². The number of halogens is 1. The molecule has 1 aliphatic carbocycles. The van der Waals surface area contributed by atoms with Gasteiger partial charge in [0.15, 0.2) is 0 Å². The molecule has 0 radical (unpaired) electrons. The molecular weight excluding hydrogens is 274 g/mol. The number of alkyl halides is 1. The molecule has 3 unspecified atom stereocenters. The highest BCUT2D eigenvalue weighted by atomic mass is 79.9. The van der Waals surface area contributed by atoms with Gasteiger partial charge in [0.05, 0.1) is 7.11 Å². The summed E-state index contributed by atoms with van der Waals surface area (Å²) in [6, 6.07) is 0. The molecule has 0 amide bonds. The van der Waals surface area contributed by atoms with E-state index in [1.165, 1.54) is 24.1 Å². The quantitative estimate of drug-likeness (QED) is 0.772. The fourth-order valence-electron chi connectivity index (χ4n) is 2.20. The summed E-state index contributed by atoms with van der Waals surface area (Å²) >= 11 is 5.42. The van der Waals surface area contributed by atoms with Crippen molar-refractivity contribution in [2.45, 2.75) is 36.9 Å². The minimum Gasteiger partial charge on any atom is -0.473 e. The molecule has 1 fully saturated rings. The maximum Gasteiger partial charge on any atom is 0.273 e. The SMILES string of the molecule is COc1ncc(C2CC(Br)CCC2C)s1. The van der Waals surface area contributed by atoms with E-state index in [0.29, 0.717) is 10.7 Å². The van der Waals surface area contributed by atoms with Crippen LogP contribution in [-0.4, -0.2) is 16.9 Å². The van der Waals surface area contributed by atoms with Crippen LogP contribution in [0.1, 0.15) is 37.0 Å². The largest absolute Gasteiger partial charge is 0.473 e. The molecule has 4 heteroatoms. The molecule has 1 saturated carbocycles. The molecule has 1 heterocycles. The third kappa shape index (κ3) is 2.53. The van der Waals surface area contributed by atoms with Crippen LogP contribution in [0, 0.1) is 5.92 Å². The molecule has 3 atom stereocenters. The van der Waals surface area contributed by atoms with Crippen LogP contribution in [0.5, 0.6) is 5.19 Å². The van der Waals surface area contributed by atoms with Gasteiger partial charge in [-0.15, -0.1) is 0 Å². The van der Waals surface area contributed by atoms with E-state index >= 15 is 0 Å². The van der Waals surface area contributed by atoms with Crippen LogP contribution in [0.2, 0.25) is 0 Å². The summed E-state index contributed by atoms with van der Waals surface area (Å²) in [6.07, 6.45) is 5.82. The van der Waals surface area contributed by atoms with Crippen molar-refractivity contribution in [1.82, 2.24) is 4.98 Å². The van der Waals surface area contributed by atoms with Crippen LogP contribution in [0.25, 0.3) is 0 Å². The fraction of sp³-hybridized carbons (Fsp3) is 0.727. The third-order valence-electron chi connectivity index (χ3n) is 3.17. The molecule has 1 aromatic rings. The average molecular weight is 290 g/mol. The molecule has 0 aromatic carbocycles. The summed E-state index contributed by atoms with van der Waals surface area (Å²) in [6.45, 7) is 2.34. The van der Waals surface area contributed by atoms with Gasteiger partial charge in [-0.05, 0) is 31.1 Å². The summed E-state index contributed by atoms with van der Waals surface area (Å²) in [5.41, 5.74) is 0. The van der Waals surface area contributed by atoms with Crippen molar-refractivity contribution in [3.63, 3.8) is 0 Å². The van der Waals surface area contributed by atoms with Crippen molar-refractivity contribution < 1.29 is 4.74 Å². The van der Waals surface area contributed by atoms with Crippen molar-refractivity contribution in [2.24, 2.45) is 5.92 Å². The lowest BCUT2D eigenvalue weighted by atomic mass is 9.80. The number of nitrogens with zero attached hydrogens (tertiary/aromatic N) is 1. The smallest absolute Gasteiger partial charge is 0.273 e. The first kappa shape index (κ1) is 11.4. The zero-order valence-corrected chi connectivity index (χ0v) is 11.5. The zero-order valence-electron chi connectivity index (χ0n) is 9.07. The summed E-state index contributed by atoms with van der Waals surface area (Å²) in [5, 5.41) is 0.786. The van der Waals surface area contributed by atoms with Gasteiger partial charge in [-0.3, -0.25) is 0 Å². The number of aromatic nitrogens is 1. The van der Waals surface area contributed by atoms with Crippen LogP contribution in [0.4, 0.5) is 0 Å². The van der Waals surface area contributed by atoms with Crippen molar-refractivity contribution in [1.29, 1.82) is 0 Å². The van der Waals surface area contributed by atoms with Crippen LogP contribution in [0.15, 0.2) is 6.20 Å². The normalized spacial score (nSPS) is 31.5. The molecule has 1 aromatic heterocycles. The molecule has 0 spiro atoms. The van der Waals surface area contributed by atoms with E-state index in [2.05, 4.69) is 27.8 Å². The highest BCUT2D eigenvalue weighted by Crippen LogP contribution is 2.42. The lowest BCUT2D eigenvalue weighted by Gasteiger charge is -2.30. The Labute approximate surface area is 103 Å². The second kappa shape index (κ2) is 4.83. The first-order chi connectivity index (χ1) is 7.20. The first-order valence-electron chi connectivity index (χ1n) is 5.34. The van der Waals surface area contributed by atoms with E-state index in [1.54, 1.807) is 18.4 Å². The predicted octanol–water partition coefficient (Wildman–Crippen LogP) is 3.82. The van der Waals surface area contributed by atoms with E-state index in [1.807, 2.05) is 6.20 Å². The number of hydrogen-bond donors (Lipinski definition) is 0. The van der Waals surface area contributed by atoms with Gasteiger partial charge in [0.2, 0.25) is 0 Å². The van der Waals surface area contributed by atoms with Gasteiger partial charge in [-0.2, -0.15) is 0 Å². The molecule has 0 bridgehead atoms. The maximum atomic E-state index is 5.14. The number of rotatable bonds is 2. The van der Waals surface area contributed by atoms with Crippen molar-refractivity contribution in [3.8, 4) is 5.19 Å². The zero-order chi connectivity index (χ0) is 10.8. The Balaban J connectivity index is 2.13. The van der Waals surface area contributed by atoms with Gasteiger partial charge in [0.1, 0.15) is 0 Å². The maximum absolute atomic E-state index is 5.14. The van der Waals surface area contributed by atoms with Crippen molar-refractivity contribution in [3.05, 3.63) is 11.1 Å². The average Bonchev–Trinajstić information content (AvgIpc) is 2.70. The summed E-state index contributed by atoms with van der Waals surface area (Å²) in [7, 11) is 1.68. The molecule has 0 aliphatic heterocycles. The standard InChI is InChI=1S/C11H16BrNOS/c1-7-3-4-8(12)5-9(7)10-6-13-11(14-2)15-10/h6-9H,3-5H2,1-2H3. The Morgan fingerprint density at radius 2 is 2.33 bits per heavy atom. The highest BCUT2D eigenvalue weighted by molar-refractivity contribution is 9.09. The van der Waals surface area contributed by atoms with E-state index in [9.17, 15) is 0 Å². The molecule has 84 valence electrons. The molecule has 0 N–H and O–H groups in total. The second-order valence-electron chi connectivity index (χ2n) is 4.23. The molecule has 0 saturated heterocycles. The lowest BCUT2D eigenvalue weighted by Crippen LogP contribution is -2.20. The molecule has 2 rings (SSSR count). The minimum atomic E-state index is 0.657. The van der Waals surface area contributed by atoms with Gasteiger partial charge >= 0.3 is 0 Å². The Morgan fingerprint density at radius 1 is 1.53 bits per heavy atom. The summed E-state index contributed by atoms with van der Waals surface area (Å²) < 4.78 is 5.14. The topological polar surface area (TPSA) is 22.1 Å². The van der Waals surface area contributed by atoms with E-state index < -0.39 is 0 Å². The number of thiazole rings is 1. The summed E-state index contributed by atoms with van der Waals surface area (Å²) in [5.74, 6) is 1.42. The molecule has 15 heavy (non-hydrogen) atoms. The van der Waals surface area contributed by atoms with Gasteiger partial charge in [-0.1, -0.05) is 34.2 Å². The summed E-state index contributed by atoms with van der Waals surface area (Å²) in [4.78, 5) is 6.30.